The van der Waals surface area contributed by atoms with Crippen molar-refractivity contribution < 1.29 is 40.4 Å². The van der Waals surface area contributed by atoms with E-state index >= 15 is 0 Å². The summed E-state index contributed by atoms with van der Waals surface area (Å²) in [5.74, 6) is -1.72. The average Bonchev–Trinajstić information content (AvgIpc) is 2.35. The molecule has 0 unspecified atom stereocenters. The van der Waals surface area contributed by atoms with Crippen LogP contribution >= 0.6 is 0 Å². The molecule has 0 aliphatic rings. The van der Waals surface area contributed by atoms with E-state index in [0.717, 1.165) is 12.1 Å². The van der Waals surface area contributed by atoms with Crippen molar-refractivity contribution in [2.45, 2.75) is 18.0 Å². The Bertz CT molecular complexity index is 593. The summed E-state index contributed by atoms with van der Waals surface area (Å²) in [5, 5.41) is 8.78. The molecule has 118 valence electrons. The fourth-order valence-electron chi connectivity index (χ4n) is 1.34. The fraction of sp³-hybridized carbons (Fsp3) is 0.364. The first-order chi connectivity index (χ1) is 9.56. The van der Waals surface area contributed by atoms with Gasteiger partial charge in [0.05, 0.1) is 0 Å². The Morgan fingerprint density at radius 3 is 2.19 bits per heavy atom. The second-order valence-electron chi connectivity index (χ2n) is 3.89. The first kappa shape index (κ1) is 17.2. The number of ether oxygens (including phenoxy) is 1. The minimum Gasteiger partial charge on any atom is -0.479 e. The Morgan fingerprint density at radius 2 is 1.81 bits per heavy atom. The average molecular weight is 328 g/mol. The highest BCUT2D eigenvalue weighted by Gasteiger charge is 2.48. The van der Waals surface area contributed by atoms with Crippen molar-refractivity contribution >= 4 is 16.1 Å². The standard InChI is InChI=1S/C11H11F3O6S/c1-19-9(10(15)16)6-7-2-4-8(5-3-7)20-21(17,18)11(12,13)14/h2-5,9H,6H2,1H3,(H,15,16)/t9-/m0/s1. The fourth-order valence-corrected chi connectivity index (χ4v) is 1.80. The molecule has 0 aliphatic carbocycles. The van der Waals surface area contributed by atoms with Crippen LogP contribution in [0.3, 0.4) is 0 Å². The van der Waals surface area contributed by atoms with Crippen LogP contribution in [0.2, 0.25) is 0 Å². The minimum absolute atomic E-state index is 0.0296. The highest BCUT2D eigenvalue weighted by molar-refractivity contribution is 7.87. The van der Waals surface area contributed by atoms with Gasteiger partial charge < -0.3 is 14.0 Å². The lowest BCUT2D eigenvalue weighted by atomic mass is 10.1. The number of rotatable bonds is 6. The molecule has 0 saturated carbocycles. The molecule has 6 nitrogen and oxygen atoms in total. The van der Waals surface area contributed by atoms with Crippen molar-refractivity contribution in [1.82, 2.24) is 0 Å². The van der Waals surface area contributed by atoms with Gasteiger partial charge in [-0.1, -0.05) is 12.1 Å². The quantitative estimate of drug-likeness (QED) is 0.629. The summed E-state index contributed by atoms with van der Waals surface area (Å²) in [5.41, 5.74) is -5.09. The molecule has 0 heterocycles. The number of carboxylic acid groups (broad SMARTS) is 1. The van der Waals surface area contributed by atoms with Gasteiger partial charge in [-0.05, 0) is 17.7 Å². The third-order valence-electron chi connectivity index (χ3n) is 2.39. The van der Waals surface area contributed by atoms with Gasteiger partial charge in [-0.15, -0.1) is 0 Å². The molecule has 0 radical (unpaired) electrons. The van der Waals surface area contributed by atoms with E-state index in [2.05, 4.69) is 4.18 Å². The molecule has 1 atom stereocenters. The molecule has 0 saturated heterocycles. The first-order valence-corrected chi connectivity index (χ1v) is 6.83. The zero-order chi connectivity index (χ0) is 16.3. The second kappa shape index (κ2) is 6.31. The van der Waals surface area contributed by atoms with Gasteiger partial charge >= 0.3 is 21.6 Å². The molecule has 1 aromatic carbocycles. The molecule has 0 amide bonds. The van der Waals surface area contributed by atoms with Gasteiger partial charge in [0, 0.05) is 13.5 Å². The maximum Gasteiger partial charge on any atom is 0.534 e. The molecular formula is C11H11F3O6S. The SMILES string of the molecule is CO[C@@H](Cc1ccc(OS(=O)(=O)C(F)(F)F)cc1)C(=O)O. The number of benzene rings is 1. The lowest BCUT2D eigenvalue weighted by Crippen LogP contribution is -2.28. The van der Waals surface area contributed by atoms with Crippen molar-refractivity contribution in [3.8, 4) is 5.75 Å². The molecule has 0 aromatic heterocycles. The van der Waals surface area contributed by atoms with Crippen molar-refractivity contribution in [2.24, 2.45) is 0 Å². The molecule has 1 aromatic rings. The van der Waals surface area contributed by atoms with Crippen molar-refractivity contribution in [3.63, 3.8) is 0 Å². The van der Waals surface area contributed by atoms with Crippen molar-refractivity contribution in [1.29, 1.82) is 0 Å². The van der Waals surface area contributed by atoms with Crippen LogP contribution in [0.25, 0.3) is 0 Å². The molecule has 0 spiro atoms. The molecular weight excluding hydrogens is 317 g/mol. The summed E-state index contributed by atoms with van der Waals surface area (Å²) < 4.78 is 66.5. The van der Waals surface area contributed by atoms with Crippen LogP contribution < -0.4 is 4.18 Å². The van der Waals surface area contributed by atoms with Crippen LogP contribution in [0, 0.1) is 0 Å². The van der Waals surface area contributed by atoms with E-state index in [4.69, 9.17) is 9.84 Å². The smallest absolute Gasteiger partial charge is 0.479 e. The Kier molecular flexibility index (Phi) is 5.18. The van der Waals surface area contributed by atoms with Crippen LogP contribution in [0.5, 0.6) is 5.75 Å². The van der Waals surface area contributed by atoms with E-state index in [1.54, 1.807) is 0 Å². The first-order valence-electron chi connectivity index (χ1n) is 5.42. The highest BCUT2D eigenvalue weighted by Crippen LogP contribution is 2.27. The molecule has 1 N–H and O–H groups in total. The number of carbonyl (C=O) groups is 1. The molecule has 0 aliphatic heterocycles. The molecule has 0 bridgehead atoms. The zero-order valence-electron chi connectivity index (χ0n) is 10.6. The van der Waals surface area contributed by atoms with Crippen LogP contribution in [0.4, 0.5) is 13.2 Å². The minimum atomic E-state index is -5.72. The van der Waals surface area contributed by atoms with E-state index < -0.39 is 33.4 Å². The molecule has 10 heteroatoms. The Morgan fingerprint density at radius 1 is 1.29 bits per heavy atom. The van der Waals surface area contributed by atoms with Crippen LogP contribution in [-0.4, -0.2) is 38.2 Å². The second-order valence-corrected chi connectivity index (χ2v) is 5.43. The van der Waals surface area contributed by atoms with Gasteiger partial charge in [0.15, 0.2) is 6.10 Å². The van der Waals surface area contributed by atoms with Gasteiger partial charge in [0.2, 0.25) is 0 Å². The summed E-state index contributed by atoms with van der Waals surface area (Å²) in [6.45, 7) is 0. The Labute approximate surface area is 118 Å². The zero-order valence-corrected chi connectivity index (χ0v) is 11.4. The van der Waals surface area contributed by atoms with Gasteiger partial charge in [0.1, 0.15) is 5.75 Å². The van der Waals surface area contributed by atoms with Gasteiger partial charge in [0.25, 0.3) is 0 Å². The number of hydrogen-bond acceptors (Lipinski definition) is 5. The van der Waals surface area contributed by atoms with Crippen molar-refractivity contribution in [2.75, 3.05) is 7.11 Å². The maximum atomic E-state index is 12.1. The summed E-state index contributed by atoms with van der Waals surface area (Å²) in [6.07, 6.45) is -1.14. The summed E-state index contributed by atoms with van der Waals surface area (Å²) in [6, 6.07) is 4.48. The van der Waals surface area contributed by atoms with Crippen molar-refractivity contribution in [3.05, 3.63) is 29.8 Å². The van der Waals surface area contributed by atoms with Crippen LogP contribution in [-0.2, 0) is 26.1 Å². The largest absolute Gasteiger partial charge is 0.534 e. The highest BCUT2D eigenvalue weighted by atomic mass is 32.2. The number of halogens is 3. The summed E-state index contributed by atoms with van der Waals surface area (Å²) in [7, 11) is -4.52. The van der Waals surface area contributed by atoms with E-state index in [9.17, 15) is 26.4 Å². The predicted molar refractivity (Wildman–Crippen MR) is 64.2 cm³/mol. The number of aliphatic carboxylic acids is 1. The number of methoxy groups -OCH3 is 1. The van der Waals surface area contributed by atoms with E-state index in [-0.39, 0.29) is 6.42 Å². The Balaban J connectivity index is 2.82. The summed E-state index contributed by atoms with van der Waals surface area (Å²) >= 11 is 0. The molecule has 0 fully saturated rings. The van der Waals surface area contributed by atoms with Gasteiger partial charge in [-0.2, -0.15) is 21.6 Å². The maximum absolute atomic E-state index is 12.1. The van der Waals surface area contributed by atoms with E-state index in [1.165, 1.54) is 19.2 Å². The van der Waals surface area contributed by atoms with Gasteiger partial charge in [-0.3, -0.25) is 0 Å². The number of carboxylic acids is 1. The molecule has 21 heavy (non-hydrogen) atoms. The third-order valence-corrected chi connectivity index (χ3v) is 3.37. The topological polar surface area (TPSA) is 89.9 Å². The Hall–Kier alpha value is -1.81. The third kappa shape index (κ3) is 4.60. The lowest BCUT2D eigenvalue weighted by Gasteiger charge is -2.12. The molecule has 1 rings (SSSR count). The predicted octanol–water partition coefficient (Wildman–Crippen LogP) is 1.56. The van der Waals surface area contributed by atoms with E-state index in [0.29, 0.717) is 5.56 Å². The number of alkyl halides is 3. The van der Waals surface area contributed by atoms with Crippen LogP contribution in [0.15, 0.2) is 24.3 Å². The lowest BCUT2D eigenvalue weighted by molar-refractivity contribution is -0.148. The normalized spacial score (nSPS) is 13.7. The number of hydrogen-bond donors (Lipinski definition) is 1. The van der Waals surface area contributed by atoms with Gasteiger partial charge in [-0.25, -0.2) is 4.79 Å². The van der Waals surface area contributed by atoms with Crippen LogP contribution in [0.1, 0.15) is 5.56 Å². The monoisotopic (exact) mass is 328 g/mol. The van der Waals surface area contributed by atoms with E-state index in [1.807, 2.05) is 0 Å². The summed E-state index contributed by atoms with van der Waals surface area (Å²) in [4.78, 5) is 10.7.